The molecule has 0 aliphatic carbocycles. The van der Waals surface area contributed by atoms with Crippen molar-refractivity contribution in [3.63, 3.8) is 0 Å². The molecule has 1 unspecified atom stereocenters. The smallest absolute Gasteiger partial charge is 0.251 e. The van der Waals surface area contributed by atoms with Crippen LogP contribution >= 0.6 is 11.8 Å². The number of benzene rings is 1. The van der Waals surface area contributed by atoms with Crippen LogP contribution in [-0.4, -0.2) is 15.7 Å². The molecule has 3 rings (SSSR count). The zero-order valence-corrected chi connectivity index (χ0v) is 11.4. The lowest BCUT2D eigenvalue weighted by atomic mass is 10.3. The first-order chi connectivity index (χ1) is 9.26. The fraction of sp³-hybridized carbons (Fsp3) is 0.286. The highest BCUT2D eigenvalue weighted by Crippen LogP contribution is 2.39. The Kier molecular flexibility index (Phi) is 3.29. The van der Waals surface area contributed by atoms with Crippen molar-refractivity contribution < 1.29 is 4.74 Å². The molecule has 0 saturated heterocycles. The Morgan fingerprint density at radius 2 is 2.32 bits per heavy atom. The van der Waals surface area contributed by atoms with Gasteiger partial charge in [-0.25, -0.2) is 4.98 Å². The Bertz CT molecular complexity index is 654. The number of H-pyrrole nitrogens is 1. The van der Waals surface area contributed by atoms with Crippen LogP contribution in [0.5, 0.6) is 5.75 Å². The summed E-state index contributed by atoms with van der Waals surface area (Å²) in [6.07, 6.45) is 0.548. The van der Waals surface area contributed by atoms with Crippen LogP contribution in [0.3, 0.4) is 0 Å². The largest absolute Gasteiger partial charge is 0.480 e. The minimum Gasteiger partial charge on any atom is -0.480 e. The van der Waals surface area contributed by atoms with Crippen LogP contribution in [0.2, 0.25) is 0 Å². The summed E-state index contributed by atoms with van der Waals surface area (Å²) in [5.74, 6) is 2.23. The Labute approximate surface area is 115 Å². The van der Waals surface area contributed by atoms with Crippen molar-refractivity contribution in [2.24, 2.45) is 0 Å². The molecule has 1 aliphatic rings. The van der Waals surface area contributed by atoms with E-state index in [1.165, 1.54) is 6.07 Å². The van der Waals surface area contributed by atoms with Crippen molar-refractivity contribution in [3.8, 4) is 5.75 Å². The first kappa shape index (κ1) is 12.3. The molecule has 98 valence electrons. The van der Waals surface area contributed by atoms with E-state index in [9.17, 15) is 4.79 Å². The molecule has 0 fully saturated rings. The predicted octanol–water partition coefficient (Wildman–Crippen LogP) is 2.56. The van der Waals surface area contributed by atoms with Crippen LogP contribution < -0.4 is 10.3 Å². The SMILES string of the molecule is CCc1cc(=O)[nH]c(C2CSc3ccccc3O2)n1. The van der Waals surface area contributed by atoms with Gasteiger partial charge in [-0.05, 0) is 18.6 Å². The minimum absolute atomic E-state index is 0.116. The molecule has 0 amide bonds. The van der Waals surface area contributed by atoms with Gasteiger partial charge in [0.2, 0.25) is 0 Å². The van der Waals surface area contributed by atoms with Gasteiger partial charge in [0.1, 0.15) is 5.75 Å². The highest BCUT2D eigenvalue weighted by Gasteiger charge is 2.23. The molecule has 4 nitrogen and oxygen atoms in total. The van der Waals surface area contributed by atoms with E-state index in [0.717, 1.165) is 28.5 Å². The Balaban J connectivity index is 1.93. The number of hydrogen-bond donors (Lipinski definition) is 1. The molecule has 0 spiro atoms. The molecule has 2 aromatic rings. The summed E-state index contributed by atoms with van der Waals surface area (Å²) in [6, 6.07) is 9.45. The average molecular weight is 274 g/mol. The molecule has 2 heterocycles. The summed E-state index contributed by atoms with van der Waals surface area (Å²) in [4.78, 5) is 20.0. The van der Waals surface area contributed by atoms with Crippen LogP contribution in [0.4, 0.5) is 0 Å². The van der Waals surface area contributed by atoms with Gasteiger partial charge in [-0.3, -0.25) is 4.79 Å². The Morgan fingerprint density at radius 3 is 3.16 bits per heavy atom. The monoisotopic (exact) mass is 274 g/mol. The third kappa shape index (κ3) is 2.51. The van der Waals surface area contributed by atoms with Crippen LogP contribution in [0, 0.1) is 0 Å². The minimum atomic E-state index is -0.195. The molecule has 0 bridgehead atoms. The summed E-state index contributed by atoms with van der Waals surface area (Å²) in [5, 5.41) is 0. The van der Waals surface area contributed by atoms with Crippen LogP contribution in [-0.2, 0) is 6.42 Å². The van der Waals surface area contributed by atoms with Crippen molar-refractivity contribution in [2.45, 2.75) is 24.3 Å². The van der Waals surface area contributed by atoms with Gasteiger partial charge in [0, 0.05) is 22.4 Å². The molecule has 1 N–H and O–H groups in total. The van der Waals surface area contributed by atoms with E-state index >= 15 is 0 Å². The van der Waals surface area contributed by atoms with Gasteiger partial charge in [0.25, 0.3) is 5.56 Å². The van der Waals surface area contributed by atoms with Crippen molar-refractivity contribution in [2.75, 3.05) is 5.75 Å². The predicted molar refractivity (Wildman–Crippen MR) is 74.8 cm³/mol. The number of aromatic nitrogens is 2. The number of rotatable bonds is 2. The van der Waals surface area contributed by atoms with Gasteiger partial charge < -0.3 is 9.72 Å². The maximum Gasteiger partial charge on any atom is 0.251 e. The number of nitrogens with one attached hydrogen (secondary N) is 1. The maximum absolute atomic E-state index is 11.6. The third-order valence-electron chi connectivity index (χ3n) is 2.99. The highest BCUT2D eigenvalue weighted by atomic mass is 32.2. The molecule has 0 radical (unpaired) electrons. The molecular formula is C14H14N2O2S. The van der Waals surface area contributed by atoms with Crippen molar-refractivity contribution in [3.05, 3.63) is 52.2 Å². The number of hydrogen-bond acceptors (Lipinski definition) is 4. The second-order valence-electron chi connectivity index (χ2n) is 4.34. The molecule has 1 aromatic carbocycles. The topological polar surface area (TPSA) is 55.0 Å². The number of ether oxygens (including phenoxy) is 1. The summed E-state index contributed by atoms with van der Waals surface area (Å²) in [7, 11) is 0. The van der Waals surface area contributed by atoms with Crippen LogP contribution in [0.15, 0.2) is 40.0 Å². The Morgan fingerprint density at radius 1 is 1.47 bits per heavy atom. The second kappa shape index (κ2) is 5.09. The van der Waals surface area contributed by atoms with Gasteiger partial charge in [-0.2, -0.15) is 0 Å². The number of thioether (sulfide) groups is 1. The number of para-hydroxylation sites is 1. The third-order valence-corrected chi connectivity index (χ3v) is 4.11. The van der Waals surface area contributed by atoms with Crippen molar-refractivity contribution >= 4 is 11.8 Å². The number of fused-ring (bicyclic) bond motifs is 1. The number of aryl methyl sites for hydroxylation is 1. The maximum atomic E-state index is 11.6. The zero-order chi connectivity index (χ0) is 13.2. The first-order valence-corrected chi connectivity index (χ1v) is 7.23. The molecule has 5 heteroatoms. The molecule has 0 saturated carbocycles. The zero-order valence-electron chi connectivity index (χ0n) is 10.6. The molecule has 1 atom stereocenters. The lowest BCUT2D eigenvalue weighted by Gasteiger charge is -2.24. The first-order valence-electron chi connectivity index (χ1n) is 6.25. The van der Waals surface area contributed by atoms with Gasteiger partial charge in [0.15, 0.2) is 11.9 Å². The molecular weight excluding hydrogens is 260 g/mol. The lowest BCUT2D eigenvalue weighted by molar-refractivity contribution is 0.209. The normalized spacial score (nSPS) is 17.6. The fourth-order valence-electron chi connectivity index (χ4n) is 2.02. The standard InChI is InChI=1S/C14H14N2O2S/c1-2-9-7-13(17)16-14(15-9)11-8-19-12-6-4-3-5-10(12)18-11/h3-7,11H,2,8H2,1H3,(H,15,16,17). The van der Waals surface area contributed by atoms with E-state index in [0.29, 0.717) is 5.82 Å². The number of aromatic amines is 1. The van der Waals surface area contributed by atoms with Gasteiger partial charge >= 0.3 is 0 Å². The molecule has 1 aliphatic heterocycles. The summed E-state index contributed by atoms with van der Waals surface area (Å²) < 4.78 is 5.92. The lowest BCUT2D eigenvalue weighted by Crippen LogP contribution is -2.22. The van der Waals surface area contributed by atoms with Crippen molar-refractivity contribution in [1.82, 2.24) is 9.97 Å². The molecule has 1 aromatic heterocycles. The fourth-order valence-corrected chi connectivity index (χ4v) is 3.01. The van der Waals surface area contributed by atoms with Crippen LogP contribution in [0.1, 0.15) is 24.5 Å². The summed E-state index contributed by atoms with van der Waals surface area (Å²) >= 11 is 1.72. The van der Waals surface area contributed by atoms with Crippen LogP contribution in [0.25, 0.3) is 0 Å². The Hall–Kier alpha value is -1.75. The van der Waals surface area contributed by atoms with Crippen molar-refractivity contribution in [1.29, 1.82) is 0 Å². The molecule has 19 heavy (non-hydrogen) atoms. The van der Waals surface area contributed by atoms with E-state index in [2.05, 4.69) is 9.97 Å². The van der Waals surface area contributed by atoms with E-state index in [1.54, 1.807) is 11.8 Å². The van der Waals surface area contributed by atoms with E-state index < -0.39 is 0 Å². The summed E-state index contributed by atoms with van der Waals surface area (Å²) in [6.45, 7) is 1.98. The number of nitrogens with zero attached hydrogens (tertiary/aromatic N) is 1. The highest BCUT2D eigenvalue weighted by molar-refractivity contribution is 7.99. The van der Waals surface area contributed by atoms with E-state index in [1.807, 2.05) is 31.2 Å². The van der Waals surface area contributed by atoms with E-state index in [-0.39, 0.29) is 11.7 Å². The second-order valence-corrected chi connectivity index (χ2v) is 5.40. The summed E-state index contributed by atoms with van der Waals surface area (Å²) in [5.41, 5.74) is 0.681. The quantitative estimate of drug-likeness (QED) is 0.914. The van der Waals surface area contributed by atoms with E-state index in [4.69, 9.17) is 4.74 Å². The van der Waals surface area contributed by atoms with Gasteiger partial charge in [-0.15, -0.1) is 11.8 Å². The van der Waals surface area contributed by atoms with Gasteiger partial charge in [-0.1, -0.05) is 19.1 Å². The van der Waals surface area contributed by atoms with Gasteiger partial charge in [0.05, 0.1) is 0 Å². The average Bonchev–Trinajstić information content (AvgIpc) is 2.46.